The van der Waals surface area contributed by atoms with E-state index in [2.05, 4.69) is 20.1 Å². The van der Waals surface area contributed by atoms with Crippen LogP contribution in [0, 0.1) is 5.92 Å². The van der Waals surface area contributed by atoms with E-state index in [1.807, 2.05) is 31.4 Å². The highest BCUT2D eigenvalue weighted by atomic mass is 32.2. The van der Waals surface area contributed by atoms with E-state index < -0.39 is 12.0 Å². The first-order valence-electron chi connectivity index (χ1n) is 8.98. The van der Waals surface area contributed by atoms with Crippen LogP contribution in [0.2, 0.25) is 0 Å². The number of esters is 1. The molecule has 0 aliphatic heterocycles. The lowest BCUT2D eigenvalue weighted by atomic mass is 10.0. The van der Waals surface area contributed by atoms with Crippen LogP contribution in [-0.4, -0.2) is 45.5 Å². The number of aromatic nitrogens is 3. The van der Waals surface area contributed by atoms with Crippen molar-refractivity contribution in [2.75, 3.05) is 12.9 Å². The minimum atomic E-state index is -0.619. The van der Waals surface area contributed by atoms with Gasteiger partial charge in [-0.05, 0) is 36.6 Å². The Balaban J connectivity index is 1.64. The van der Waals surface area contributed by atoms with Crippen molar-refractivity contribution >= 4 is 35.0 Å². The third kappa shape index (κ3) is 5.10. The van der Waals surface area contributed by atoms with Gasteiger partial charge in [-0.15, -0.1) is 21.5 Å². The van der Waals surface area contributed by atoms with Crippen molar-refractivity contribution in [2.24, 2.45) is 5.92 Å². The Morgan fingerprint density at radius 3 is 2.78 bits per heavy atom. The van der Waals surface area contributed by atoms with Crippen LogP contribution in [-0.2, 0) is 14.3 Å². The third-order valence-electron chi connectivity index (χ3n) is 4.18. The zero-order valence-electron chi connectivity index (χ0n) is 15.7. The van der Waals surface area contributed by atoms with E-state index in [1.54, 1.807) is 11.3 Å². The Morgan fingerprint density at radius 2 is 2.19 bits per heavy atom. The van der Waals surface area contributed by atoms with Crippen molar-refractivity contribution in [1.29, 1.82) is 0 Å². The summed E-state index contributed by atoms with van der Waals surface area (Å²) in [5.41, 5.74) is 0. The summed E-state index contributed by atoms with van der Waals surface area (Å²) in [6, 6.07) is 3.81. The number of thioether (sulfide) groups is 1. The second-order valence-corrected chi connectivity index (χ2v) is 8.84. The van der Waals surface area contributed by atoms with Gasteiger partial charge in [0.15, 0.2) is 11.0 Å². The summed E-state index contributed by atoms with van der Waals surface area (Å²) in [4.78, 5) is 25.3. The van der Waals surface area contributed by atoms with E-state index in [9.17, 15) is 9.59 Å². The second-order valence-electron chi connectivity index (χ2n) is 6.95. The van der Waals surface area contributed by atoms with Gasteiger partial charge in [-0.2, -0.15) is 0 Å². The summed E-state index contributed by atoms with van der Waals surface area (Å²) in [5, 5.41) is 14.2. The molecule has 0 spiro atoms. The molecule has 7 nitrogen and oxygen atoms in total. The molecule has 27 heavy (non-hydrogen) atoms. The minimum absolute atomic E-state index is 0.181. The fourth-order valence-electron chi connectivity index (χ4n) is 2.80. The third-order valence-corrected chi connectivity index (χ3v) is 5.99. The molecule has 1 amide bonds. The molecule has 0 saturated heterocycles. The summed E-state index contributed by atoms with van der Waals surface area (Å²) < 4.78 is 6.93. The number of hydrogen-bond acceptors (Lipinski definition) is 7. The average molecular weight is 409 g/mol. The van der Waals surface area contributed by atoms with E-state index in [0.29, 0.717) is 12.5 Å². The van der Waals surface area contributed by atoms with Gasteiger partial charge in [-0.1, -0.05) is 31.7 Å². The molecule has 3 rings (SSSR count). The molecule has 146 valence electrons. The number of thiophene rings is 1. The van der Waals surface area contributed by atoms with Crippen LogP contribution in [0.3, 0.4) is 0 Å². The summed E-state index contributed by atoms with van der Waals surface area (Å²) in [7, 11) is 1.33. The molecule has 1 aliphatic carbocycles. The van der Waals surface area contributed by atoms with Crippen LogP contribution in [0.5, 0.6) is 0 Å². The zero-order valence-corrected chi connectivity index (χ0v) is 17.3. The highest BCUT2D eigenvalue weighted by Gasteiger charge is 2.31. The summed E-state index contributed by atoms with van der Waals surface area (Å²) in [5.74, 6) is 0.694. The van der Waals surface area contributed by atoms with Gasteiger partial charge >= 0.3 is 5.97 Å². The maximum atomic E-state index is 12.4. The number of nitrogens with one attached hydrogen (secondary N) is 1. The van der Waals surface area contributed by atoms with E-state index in [4.69, 9.17) is 4.74 Å². The predicted molar refractivity (Wildman–Crippen MR) is 106 cm³/mol. The number of ether oxygens (including phenoxy) is 1. The highest BCUT2D eigenvalue weighted by Crippen LogP contribution is 2.41. The van der Waals surface area contributed by atoms with Gasteiger partial charge in [0.2, 0.25) is 5.91 Å². The number of carbonyl (C=O) groups is 2. The maximum Gasteiger partial charge on any atom is 0.328 e. The van der Waals surface area contributed by atoms with Crippen molar-refractivity contribution in [3.05, 3.63) is 17.5 Å². The van der Waals surface area contributed by atoms with Crippen molar-refractivity contribution in [2.45, 2.75) is 50.4 Å². The molecule has 0 bridgehead atoms. The van der Waals surface area contributed by atoms with Crippen molar-refractivity contribution in [3.8, 4) is 10.7 Å². The second kappa shape index (κ2) is 8.88. The van der Waals surface area contributed by atoms with Gasteiger partial charge in [0, 0.05) is 6.04 Å². The molecule has 0 aromatic carbocycles. The van der Waals surface area contributed by atoms with Crippen molar-refractivity contribution < 1.29 is 14.3 Å². The van der Waals surface area contributed by atoms with Crippen molar-refractivity contribution in [1.82, 2.24) is 20.1 Å². The van der Waals surface area contributed by atoms with E-state index in [0.717, 1.165) is 28.7 Å². The molecular weight excluding hydrogens is 384 g/mol. The fraction of sp³-hybridized carbons (Fsp3) is 0.556. The molecule has 0 unspecified atom stereocenters. The van der Waals surface area contributed by atoms with Crippen LogP contribution < -0.4 is 5.32 Å². The van der Waals surface area contributed by atoms with Gasteiger partial charge in [0.1, 0.15) is 6.04 Å². The summed E-state index contributed by atoms with van der Waals surface area (Å²) in [6.07, 6.45) is 2.76. The molecule has 1 N–H and O–H groups in total. The van der Waals surface area contributed by atoms with Crippen LogP contribution in [0.25, 0.3) is 10.7 Å². The van der Waals surface area contributed by atoms with E-state index >= 15 is 0 Å². The number of hydrogen-bond donors (Lipinski definition) is 1. The lowest BCUT2D eigenvalue weighted by Gasteiger charge is -2.18. The van der Waals surface area contributed by atoms with Gasteiger partial charge in [0.25, 0.3) is 0 Å². The highest BCUT2D eigenvalue weighted by molar-refractivity contribution is 7.99. The quantitative estimate of drug-likeness (QED) is 0.507. The smallest absolute Gasteiger partial charge is 0.328 e. The number of carbonyl (C=O) groups excluding carboxylic acids is 2. The molecular formula is C18H24N4O3S2. The van der Waals surface area contributed by atoms with Crippen LogP contribution in [0.15, 0.2) is 22.7 Å². The Labute approximate surface area is 166 Å². The maximum absolute atomic E-state index is 12.4. The molecule has 1 atom stereocenters. The first-order valence-corrected chi connectivity index (χ1v) is 10.8. The number of nitrogens with zero attached hydrogens (tertiary/aromatic N) is 3. The number of rotatable bonds is 9. The fourth-order valence-corrected chi connectivity index (χ4v) is 4.33. The predicted octanol–water partition coefficient (Wildman–Crippen LogP) is 3.14. The number of amides is 1. The van der Waals surface area contributed by atoms with Crippen molar-refractivity contribution in [3.63, 3.8) is 0 Å². The monoisotopic (exact) mass is 408 g/mol. The first kappa shape index (κ1) is 19.9. The van der Waals surface area contributed by atoms with Crippen LogP contribution >= 0.6 is 23.1 Å². The topological polar surface area (TPSA) is 86.1 Å². The van der Waals surface area contributed by atoms with Crippen LogP contribution in [0.1, 0.15) is 39.2 Å². The Kier molecular flexibility index (Phi) is 6.54. The molecule has 2 aromatic heterocycles. The SMILES string of the molecule is COC(=O)[C@H](CC(C)C)NC(=O)CSc1nnc(-c2cccs2)n1C1CC1. The summed E-state index contributed by atoms with van der Waals surface area (Å²) in [6.45, 7) is 4.00. The van der Waals surface area contributed by atoms with Gasteiger partial charge in [-0.25, -0.2) is 4.79 Å². The standard InChI is InChI=1S/C18H24N4O3S2/c1-11(2)9-13(17(24)25-3)19-15(23)10-27-18-21-20-16(14-5-4-8-26-14)22(18)12-6-7-12/h4-5,8,11-13H,6-7,9-10H2,1-3H3,(H,19,23)/t13-/m0/s1. The lowest BCUT2D eigenvalue weighted by Crippen LogP contribution is -2.43. The normalized spacial score (nSPS) is 15.0. The van der Waals surface area contributed by atoms with Gasteiger partial charge in [0.05, 0.1) is 17.7 Å². The largest absolute Gasteiger partial charge is 0.467 e. The molecule has 2 heterocycles. The number of methoxy groups -OCH3 is 1. The Bertz CT molecular complexity index is 785. The molecule has 1 saturated carbocycles. The Morgan fingerprint density at radius 1 is 1.41 bits per heavy atom. The lowest BCUT2D eigenvalue weighted by molar-refractivity contribution is -0.145. The molecule has 9 heteroatoms. The van der Waals surface area contributed by atoms with E-state index in [1.165, 1.54) is 18.9 Å². The van der Waals surface area contributed by atoms with E-state index in [-0.39, 0.29) is 17.6 Å². The molecule has 1 fully saturated rings. The Hall–Kier alpha value is -1.87. The zero-order chi connectivity index (χ0) is 19.4. The van der Waals surface area contributed by atoms with Crippen LogP contribution in [0.4, 0.5) is 0 Å². The molecule has 1 aliphatic rings. The van der Waals surface area contributed by atoms with Gasteiger partial charge < -0.3 is 10.1 Å². The van der Waals surface area contributed by atoms with Gasteiger partial charge in [-0.3, -0.25) is 9.36 Å². The molecule has 0 radical (unpaired) electrons. The average Bonchev–Trinajstić information content (AvgIpc) is 3.16. The first-order chi connectivity index (χ1) is 13.0. The summed E-state index contributed by atoms with van der Waals surface area (Å²) >= 11 is 2.98. The minimum Gasteiger partial charge on any atom is -0.467 e. The molecule has 2 aromatic rings.